The smallest absolute Gasteiger partial charge is 0.220 e. The minimum Gasteiger partial charge on any atom is -0.508 e. The molecule has 1 aromatic carbocycles. The van der Waals surface area contributed by atoms with Crippen LogP contribution in [0.3, 0.4) is 0 Å². The molecule has 0 spiro atoms. The number of benzene rings is 1. The van der Waals surface area contributed by atoms with Crippen molar-refractivity contribution in [3.05, 3.63) is 29.3 Å². The van der Waals surface area contributed by atoms with Crippen molar-refractivity contribution in [3.8, 4) is 5.75 Å². The second-order valence-electron chi connectivity index (χ2n) is 10.3. The van der Waals surface area contributed by atoms with Gasteiger partial charge < -0.3 is 15.3 Å². The number of hydrogen-bond donors (Lipinski definition) is 2. The number of ketones is 1. The Bertz CT molecular complexity index is 821. The van der Waals surface area contributed by atoms with Crippen LogP contribution in [-0.4, -0.2) is 48.9 Å². The molecule has 30 heavy (non-hydrogen) atoms. The Morgan fingerprint density at radius 3 is 2.87 bits per heavy atom. The summed E-state index contributed by atoms with van der Waals surface area (Å²) in [5.41, 5.74) is 2.38. The molecule has 2 fully saturated rings. The number of nitrogens with zero attached hydrogens (tertiary/aromatic N) is 1. The van der Waals surface area contributed by atoms with Crippen molar-refractivity contribution in [1.82, 2.24) is 10.2 Å². The Labute approximate surface area is 180 Å². The maximum atomic E-state index is 13.4. The van der Waals surface area contributed by atoms with Crippen LogP contribution in [0.25, 0.3) is 0 Å². The molecule has 164 valence electrons. The number of carbonyl (C=O) groups is 2. The lowest BCUT2D eigenvalue weighted by Gasteiger charge is -2.48. The number of aryl methyl sites for hydroxylation is 1. The van der Waals surface area contributed by atoms with Gasteiger partial charge in [-0.25, -0.2) is 0 Å². The molecule has 5 nitrogen and oxygen atoms in total. The number of phenolic OH excluding ortho intramolecular Hbond substituents is 1. The fourth-order valence-corrected chi connectivity index (χ4v) is 6.60. The van der Waals surface area contributed by atoms with Crippen molar-refractivity contribution >= 4 is 11.7 Å². The van der Waals surface area contributed by atoms with Gasteiger partial charge in [-0.3, -0.25) is 9.59 Å². The van der Waals surface area contributed by atoms with Crippen LogP contribution in [0.15, 0.2) is 18.2 Å². The highest BCUT2D eigenvalue weighted by Crippen LogP contribution is 2.61. The Morgan fingerprint density at radius 1 is 1.30 bits per heavy atom. The van der Waals surface area contributed by atoms with E-state index in [0.717, 1.165) is 45.1 Å². The molecule has 1 aromatic rings. The van der Waals surface area contributed by atoms with Gasteiger partial charge in [-0.15, -0.1) is 0 Å². The molecular formula is C25H36N2O3. The van der Waals surface area contributed by atoms with Gasteiger partial charge in [0, 0.05) is 24.3 Å². The van der Waals surface area contributed by atoms with Gasteiger partial charge >= 0.3 is 0 Å². The van der Waals surface area contributed by atoms with E-state index in [1.54, 1.807) is 6.07 Å². The minimum atomic E-state index is -0.272. The molecule has 5 atom stereocenters. The van der Waals surface area contributed by atoms with Gasteiger partial charge in [0.1, 0.15) is 11.5 Å². The first kappa shape index (κ1) is 21.4. The van der Waals surface area contributed by atoms with Gasteiger partial charge in [0.2, 0.25) is 5.91 Å². The van der Waals surface area contributed by atoms with Crippen LogP contribution >= 0.6 is 0 Å². The maximum Gasteiger partial charge on any atom is 0.220 e. The third-order valence-corrected chi connectivity index (χ3v) is 8.11. The summed E-state index contributed by atoms with van der Waals surface area (Å²) >= 11 is 0. The van der Waals surface area contributed by atoms with E-state index in [1.165, 1.54) is 11.1 Å². The molecule has 0 heterocycles. The Kier molecular flexibility index (Phi) is 5.93. The SMILES string of the molecule is CN(C)CCCNC(=O)CC1CC2C3CCc4cc(O)ccc4C3CC[C@]2(C)C1=O. The second kappa shape index (κ2) is 8.33. The number of carbonyl (C=O) groups excluding carboxylic acids is 2. The molecule has 2 saturated carbocycles. The molecule has 5 heteroatoms. The molecule has 4 unspecified atom stereocenters. The monoisotopic (exact) mass is 412 g/mol. The van der Waals surface area contributed by atoms with Crippen LogP contribution in [0.5, 0.6) is 5.75 Å². The molecular weight excluding hydrogens is 376 g/mol. The second-order valence-corrected chi connectivity index (χ2v) is 10.3. The highest BCUT2D eigenvalue weighted by molar-refractivity contribution is 5.93. The van der Waals surface area contributed by atoms with E-state index in [-0.39, 0.29) is 17.2 Å². The van der Waals surface area contributed by atoms with Crippen LogP contribution < -0.4 is 5.32 Å². The molecule has 1 amide bonds. The topological polar surface area (TPSA) is 69.6 Å². The maximum absolute atomic E-state index is 13.4. The Balaban J connectivity index is 1.42. The normalized spacial score (nSPS) is 32.5. The van der Waals surface area contributed by atoms with E-state index < -0.39 is 0 Å². The fraction of sp³-hybridized carbons (Fsp3) is 0.680. The molecule has 0 bridgehead atoms. The van der Waals surface area contributed by atoms with E-state index in [1.807, 2.05) is 20.2 Å². The first-order valence-electron chi connectivity index (χ1n) is 11.6. The number of fused-ring (bicyclic) bond motifs is 5. The summed E-state index contributed by atoms with van der Waals surface area (Å²) in [7, 11) is 4.06. The predicted molar refractivity (Wildman–Crippen MR) is 117 cm³/mol. The molecule has 0 aliphatic heterocycles. The lowest BCUT2D eigenvalue weighted by atomic mass is 9.55. The zero-order valence-corrected chi connectivity index (χ0v) is 18.6. The van der Waals surface area contributed by atoms with Crippen molar-refractivity contribution in [2.75, 3.05) is 27.2 Å². The lowest BCUT2D eigenvalue weighted by Crippen LogP contribution is -2.42. The summed E-state index contributed by atoms with van der Waals surface area (Å²) in [5, 5.41) is 12.9. The molecule has 3 aliphatic rings. The van der Waals surface area contributed by atoms with Crippen LogP contribution in [-0.2, 0) is 16.0 Å². The summed E-state index contributed by atoms with van der Waals surface area (Å²) < 4.78 is 0. The number of hydrogen-bond acceptors (Lipinski definition) is 4. The first-order valence-corrected chi connectivity index (χ1v) is 11.6. The number of Topliss-reactive ketones (excluding diaryl/α,β-unsaturated/α-hetero) is 1. The molecule has 0 radical (unpaired) electrons. The summed E-state index contributed by atoms with van der Waals surface area (Å²) in [6.45, 7) is 3.79. The molecule has 0 saturated heterocycles. The lowest BCUT2D eigenvalue weighted by molar-refractivity contribution is -0.134. The fourth-order valence-electron chi connectivity index (χ4n) is 6.60. The number of amides is 1. The zero-order chi connectivity index (χ0) is 21.5. The molecule has 2 N–H and O–H groups in total. The average Bonchev–Trinajstić information content (AvgIpc) is 2.95. The zero-order valence-electron chi connectivity index (χ0n) is 18.6. The van der Waals surface area contributed by atoms with E-state index >= 15 is 0 Å². The van der Waals surface area contributed by atoms with Gasteiger partial charge in [-0.05, 0) is 100 Å². The van der Waals surface area contributed by atoms with E-state index in [2.05, 4.69) is 23.2 Å². The van der Waals surface area contributed by atoms with Crippen molar-refractivity contribution in [3.63, 3.8) is 0 Å². The highest BCUT2D eigenvalue weighted by Gasteiger charge is 2.58. The summed E-state index contributed by atoms with van der Waals surface area (Å²) in [5.74, 6) is 1.93. The van der Waals surface area contributed by atoms with Gasteiger partial charge in [0.05, 0.1) is 0 Å². The Hall–Kier alpha value is -1.88. The number of nitrogens with one attached hydrogen (secondary N) is 1. The first-order chi connectivity index (χ1) is 14.3. The van der Waals surface area contributed by atoms with Gasteiger partial charge in [-0.1, -0.05) is 13.0 Å². The molecule has 3 aliphatic carbocycles. The summed E-state index contributed by atoms with van der Waals surface area (Å²) in [4.78, 5) is 27.9. The predicted octanol–water partition coefficient (Wildman–Crippen LogP) is 3.50. The van der Waals surface area contributed by atoms with Crippen LogP contribution in [0.4, 0.5) is 0 Å². The molecule has 0 aromatic heterocycles. The largest absolute Gasteiger partial charge is 0.508 e. The van der Waals surface area contributed by atoms with E-state index in [0.29, 0.717) is 42.3 Å². The standard InChI is InChI=1S/C25H36N2O3/c1-25-10-9-20-19-8-6-18(28)13-16(19)5-7-21(20)22(25)14-17(24(25)30)15-23(29)26-11-4-12-27(2)3/h6,8,13,17,20-22,28H,4-5,7,9-12,14-15H2,1-3H3,(H,26,29)/t17?,20?,21?,22?,25-/m0/s1. The minimum absolute atomic E-state index is 0.0235. The number of rotatable bonds is 6. The average molecular weight is 413 g/mol. The van der Waals surface area contributed by atoms with Crippen molar-refractivity contribution in [2.24, 2.45) is 23.2 Å². The van der Waals surface area contributed by atoms with E-state index in [4.69, 9.17) is 0 Å². The van der Waals surface area contributed by atoms with Gasteiger partial charge in [0.15, 0.2) is 0 Å². The third-order valence-electron chi connectivity index (χ3n) is 8.11. The third kappa shape index (κ3) is 3.89. The highest BCUT2D eigenvalue weighted by atomic mass is 16.3. The Morgan fingerprint density at radius 2 is 2.10 bits per heavy atom. The van der Waals surface area contributed by atoms with Gasteiger partial charge in [-0.2, -0.15) is 0 Å². The van der Waals surface area contributed by atoms with Crippen LogP contribution in [0.2, 0.25) is 0 Å². The molecule has 4 rings (SSSR count). The van der Waals surface area contributed by atoms with Gasteiger partial charge in [0.25, 0.3) is 0 Å². The van der Waals surface area contributed by atoms with Crippen molar-refractivity contribution in [2.45, 2.75) is 57.8 Å². The van der Waals surface area contributed by atoms with Crippen LogP contribution in [0, 0.1) is 23.2 Å². The van der Waals surface area contributed by atoms with Crippen molar-refractivity contribution < 1.29 is 14.7 Å². The van der Waals surface area contributed by atoms with E-state index in [9.17, 15) is 14.7 Å². The number of aromatic hydroxyl groups is 1. The summed E-state index contributed by atoms with van der Waals surface area (Å²) in [6.07, 6.45) is 6.13. The van der Waals surface area contributed by atoms with Crippen molar-refractivity contribution in [1.29, 1.82) is 0 Å². The quantitative estimate of drug-likeness (QED) is 0.702. The van der Waals surface area contributed by atoms with Crippen LogP contribution in [0.1, 0.15) is 62.5 Å². The number of phenols is 1. The summed E-state index contributed by atoms with van der Waals surface area (Å²) in [6, 6.07) is 5.82.